The standard InChI is InChI=1S/C20H18N2O2S/c1-13-3-2-4-16(9-13)21-19(23)11-20-22-17(12-25-20)14-5-6-18-15(10-14)7-8-24-18/h2-6,9-10,12H,7-8,11H2,1H3,(H,21,23). The highest BCUT2D eigenvalue weighted by Crippen LogP contribution is 2.31. The van der Waals surface area contributed by atoms with Crippen molar-refractivity contribution < 1.29 is 9.53 Å². The molecule has 4 nitrogen and oxygen atoms in total. The van der Waals surface area contributed by atoms with Gasteiger partial charge in [-0.25, -0.2) is 4.98 Å². The highest BCUT2D eigenvalue weighted by molar-refractivity contribution is 7.10. The summed E-state index contributed by atoms with van der Waals surface area (Å²) in [5, 5.41) is 5.75. The van der Waals surface area contributed by atoms with Crippen molar-refractivity contribution in [1.82, 2.24) is 4.98 Å². The van der Waals surface area contributed by atoms with Crippen LogP contribution in [-0.4, -0.2) is 17.5 Å². The zero-order valence-corrected chi connectivity index (χ0v) is 14.7. The molecule has 0 bridgehead atoms. The van der Waals surface area contributed by atoms with Gasteiger partial charge in [-0.1, -0.05) is 12.1 Å². The van der Waals surface area contributed by atoms with E-state index in [0.717, 1.165) is 46.3 Å². The smallest absolute Gasteiger partial charge is 0.231 e. The number of carbonyl (C=O) groups is 1. The van der Waals surface area contributed by atoms with Crippen LogP contribution in [0.25, 0.3) is 11.3 Å². The lowest BCUT2D eigenvalue weighted by Gasteiger charge is -2.04. The summed E-state index contributed by atoms with van der Waals surface area (Å²) in [7, 11) is 0. The van der Waals surface area contributed by atoms with Crippen LogP contribution in [0.4, 0.5) is 5.69 Å². The summed E-state index contributed by atoms with van der Waals surface area (Å²) in [6.07, 6.45) is 1.23. The number of hydrogen-bond acceptors (Lipinski definition) is 4. The molecule has 1 aromatic heterocycles. The number of aryl methyl sites for hydroxylation is 1. The maximum Gasteiger partial charge on any atom is 0.231 e. The lowest BCUT2D eigenvalue weighted by molar-refractivity contribution is -0.115. The molecule has 0 atom stereocenters. The quantitative estimate of drug-likeness (QED) is 0.766. The predicted octanol–water partition coefficient (Wildman–Crippen LogP) is 4.23. The third kappa shape index (κ3) is 3.56. The van der Waals surface area contributed by atoms with Crippen LogP contribution in [0.1, 0.15) is 16.1 Å². The molecule has 4 rings (SSSR count). The Hall–Kier alpha value is -2.66. The number of thiazole rings is 1. The molecule has 25 heavy (non-hydrogen) atoms. The fourth-order valence-electron chi connectivity index (χ4n) is 2.94. The maximum atomic E-state index is 12.2. The molecule has 2 heterocycles. The number of aromatic nitrogens is 1. The molecule has 1 aliphatic rings. The van der Waals surface area contributed by atoms with E-state index in [1.165, 1.54) is 16.9 Å². The number of anilines is 1. The zero-order chi connectivity index (χ0) is 17.2. The van der Waals surface area contributed by atoms with Gasteiger partial charge in [0, 0.05) is 23.1 Å². The zero-order valence-electron chi connectivity index (χ0n) is 13.9. The summed E-state index contributed by atoms with van der Waals surface area (Å²) in [6.45, 7) is 2.75. The van der Waals surface area contributed by atoms with Gasteiger partial charge in [-0.3, -0.25) is 4.79 Å². The molecule has 0 saturated carbocycles. The minimum atomic E-state index is -0.0474. The monoisotopic (exact) mass is 350 g/mol. The van der Waals surface area contributed by atoms with E-state index in [0.29, 0.717) is 0 Å². The molecule has 1 aliphatic heterocycles. The van der Waals surface area contributed by atoms with E-state index in [-0.39, 0.29) is 12.3 Å². The SMILES string of the molecule is Cc1cccc(NC(=O)Cc2nc(-c3ccc4c(c3)CCO4)cs2)c1. The van der Waals surface area contributed by atoms with Crippen LogP contribution >= 0.6 is 11.3 Å². The van der Waals surface area contributed by atoms with Gasteiger partial charge >= 0.3 is 0 Å². The van der Waals surface area contributed by atoms with Crippen LogP contribution in [0.3, 0.4) is 0 Å². The fourth-order valence-corrected chi connectivity index (χ4v) is 3.74. The number of amides is 1. The lowest BCUT2D eigenvalue weighted by Crippen LogP contribution is -2.14. The molecule has 2 aromatic carbocycles. The van der Waals surface area contributed by atoms with Gasteiger partial charge < -0.3 is 10.1 Å². The number of hydrogen-bond donors (Lipinski definition) is 1. The van der Waals surface area contributed by atoms with Gasteiger partial charge in [-0.2, -0.15) is 0 Å². The van der Waals surface area contributed by atoms with Crippen LogP contribution in [0.15, 0.2) is 47.8 Å². The topological polar surface area (TPSA) is 51.2 Å². The van der Waals surface area contributed by atoms with Gasteiger partial charge in [-0.15, -0.1) is 11.3 Å². The first kappa shape index (κ1) is 15.8. The van der Waals surface area contributed by atoms with E-state index in [1.807, 2.05) is 48.7 Å². The average molecular weight is 350 g/mol. The Kier molecular flexibility index (Phi) is 4.24. The van der Waals surface area contributed by atoms with Crippen LogP contribution in [0.5, 0.6) is 5.75 Å². The molecule has 0 fully saturated rings. The number of benzene rings is 2. The molecule has 0 unspecified atom stereocenters. The number of nitrogens with zero attached hydrogens (tertiary/aromatic N) is 1. The van der Waals surface area contributed by atoms with Crippen molar-refractivity contribution in [3.8, 4) is 17.0 Å². The van der Waals surface area contributed by atoms with Crippen molar-refractivity contribution in [2.45, 2.75) is 19.8 Å². The van der Waals surface area contributed by atoms with Crippen molar-refractivity contribution >= 4 is 22.9 Å². The molecule has 0 radical (unpaired) electrons. The van der Waals surface area contributed by atoms with Gasteiger partial charge in [-0.05, 0) is 48.4 Å². The number of carbonyl (C=O) groups excluding carboxylic acids is 1. The molecule has 0 aliphatic carbocycles. The molecule has 0 saturated heterocycles. The highest BCUT2D eigenvalue weighted by atomic mass is 32.1. The van der Waals surface area contributed by atoms with Crippen molar-refractivity contribution in [2.24, 2.45) is 0 Å². The fraction of sp³-hybridized carbons (Fsp3) is 0.200. The van der Waals surface area contributed by atoms with E-state index >= 15 is 0 Å². The molecular formula is C20H18N2O2S. The highest BCUT2D eigenvalue weighted by Gasteiger charge is 2.14. The third-order valence-corrected chi connectivity index (χ3v) is 5.00. The average Bonchev–Trinajstić information content (AvgIpc) is 3.23. The van der Waals surface area contributed by atoms with E-state index in [9.17, 15) is 4.79 Å². The number of rotatable bonds is 4. The summed E-state index contributed by atoms with van der Waals surface area (Å²) in [5.41, 5.74) is 5.16. The molecular weight excluding hydrogens is 332 g/mol. The molecule has 3 aromatic rings. The molecule has 5 heteroatoms. The predicted molar refractivity (Wildman–Crippen MR) is 100 cm³/mol. The van der Waals surface area contributed by atoms with Gasteiger partial charge in [0.2, 0.25) is 5.91 Å². The maximum absolute atomic E-state index is 12.2. The number of nitrogens with one attached hydrogen (secondary N) is 1. The molecule has 1 amide bonds. The first-order valence-corrected chi connectivity index (χ1v) is 9.12. The summed E-state index contributed by atoms with van der Waals surface area (Å²) < 4.78 is 5.54. The third-order valence-electron chi connectivity index (χ3n) is 4.15. The van der Waals surface area contributed by atoms with E-state index in [2.05, 4.69) is 16.4 Å². The van der Waals surface area contributed by atoms with E-state index in [4.69, 9.17) is 4.74 Å². The van der Waals surface area contributed by atoms with Crippen LogP contribution in [0.2, 0.25) is 0 Å². The molecule has 0 spiro atoms. The Morgan fingerprint density at radius 3 is 3.08 bits per heavy atom. The van der Waals surface area contributed by atoms with E-state index in [1.54, 1.807) is 0 Å². The second kappa shape index (κ2) is 6.69. The van der Waals surface area contributed by atoms with Crippen LogP contribution in [0, 0.1) is 6.92 Å². The Labute approximate surface area is 150 Å². The normalized spacial score (nSPS) is 12.5. The van der Waals surface area contributed by atoms with E-state index < -0.39 is 0 Å². The van der Waals surface area contributed by atoms with Crippen molar-refractivity contribution in [2.75, 3.05) is 11.9 Å². The van der Waals surface area contributed by atoms with Crippen LogP contribution < -0.4 is 10.1 Å². The molecule has 1 N–H and O–H groups in total. The number of ether oxygens (including phenoxy) is 1. The summed E-state index contributed by atoms with van der Waals surface area (Å²) in [6, 6.07) is 13.9. The summed E-state index contributed by atoms with van der Waals surface area (Å²) in [4.78, 5) is 16.9. The van der Waals surface area contributed by atoms with Crippen molar-refractivity contribution in [3.05, 3.63) is 64.0 Å². The van der Waals surface area contributed by atoms with Crippen molar-refractivity contribution in [3.63, 3.8) is 0 Å². The van der Waals surface area contributed by atoms with Gasteiger partial charge in [0.15, 0.2) is 0 Å². The number of fused-ring (bicyclic) bond motifs is 1. The van der Waals surface area contributed by atoms with Crippen LogP contribution in [-0.2, 0) is 17.6 Å². The van der Waals surface area contributed by atoms with Gasteiger partial charge in [0.05, 0.1) is 18.7 Å². The Morgan fingerprint density at radius 1 is 1.28 bits per heavy atom. The molecule has 126 valence electrons. The second-order valence-corrected chi connectivity index (χ2v) is 7.08. The summed E-state index contributed by atoms with van der Waals surface area (Å²) >= 11 is 1.52. The minimum Gasteiger partial charge on any atom is -0.493 e. The summed E-state index contributed by atoms with van der Waals surface area (Å²) in [5.74, 6) is 0.922. The lowest BCUT2D eigenvalue weighted by atomic mass is 10.1. The first-order chi connectivity index (χ1) is 12.2. The Bertz CT molecular complexity index is 933. The van der Waals surface area contributed by atoms with Gasteiger partial charge in [0.25, 0.3) is 0 Å². The Morgan fingerprint density at radius 2 is 2.20 bits per heavy atom. The minimum absolute atomic E-state index is 0.0474. The van der Waals surface area contributed by atoms with Crippen molar-refractivity contribution in [1.29, 1.82) is 0 Å². The van der Waals surface area contributed by atoms with Gasteiger partial charge in [0.1, 0.15) is 10.8 Å². The first-order valence-electron chi connectivity index (χ1n) is 8.24. The largest absolute Gasteiger partial charge is 0.493 e. The second-order valence-electron chi connectivity index (χ2n) is 6.14. The Balaban J connectivity index is 1.45.